The predicted molar refractivity (Wildman–Crippen MR) is 143 cm³/mol. The molecule has 0 unspecified atom stereocenters. The Hall–Kier alpha value is -3.92. The number of rotatable bonds is 8. The molecule has 0 aliphatic rings. The lowest BCUT2D eigenvalue weighted by molar-refractivity contribution is -0.157. The number of carbonyl (C=O) groups is 2. The summed E-state index contributed by atoms with van der Waals surface area (Å²) in [6.45, 7) is 7.30. The van der Waals surface area contributed by atoms with Gasteiger partial charge in [-0.3, -0.25) is 9.78 Å². The molecule has 0 bridgehead atoms. The molecular formula is C27H29N5O4S. The van der Waals surface area contributed by atoms with Gasteiger partial charge in [0.05, 0.1) is 0 Å². The van der Waals surface area contributed by atoms with E-state index in [0.717, 1.165) is 21.5 Å². The Morgan fingerprint density at radius 2 is 1.92 bits per heavy atom. The fourth-order valence-electron chi connectivity index (χ4n) is 3.52. The molecule has 0 fully saturated rings. The number of nitrogens with one attached hydrogen (secondary N) is 1. The summed E-state index contributed by atoms with van der Waals surface area (Å²) in [5.74, 6) is -0.233. The second kappa shape index (κ2) is 11.0. The number of hydrogen-bond acceptors (Lipinski definition) is 8. The van der Waals surface area contributed by atoms with Gasteiger partial charge in [0.25, 0.3) is 5.91 Å². The van der Waals surface area contributed by atoms with Gasteiger partial charge in [0.15, 0.2) is 11.8 Å². The van der Waals surface area contributed by atoms with E-state index in [0.29, 0.717) is 17.1 Å². The number of anilines is 1. The number of aromatic nitrogens is 4. The molecule has 1 atom stereocenters. The lowest BCUT2D eigenvalue weighted by Crippen LogP contribution is -2.27. The van der Waals surface area contributed by atoms with Crippen LogP contribution in [0.25, 0.3) is 10.8 Å². The second-order valence-corrected chi connectivity index (χ2v) is 10.8. The average molecular weight is 520 g/mol. The smallest absolute Gasteiger partial charge is 0.344 e. The molecule has 192 valence electrons. The quantitative estimate of drug-likeness (QED) is 0.250. The topological polar surface area (TPSA) is 108 Å². The predicted octanol–water partition coefficient (Wildman–Crippen LogP) is 5.19. The first-order valence-electron chi connectivity index (χ1n) is 11.7. The summed E-state index contributed by atoms with van der Waals surface area (Å²) in [4.78, 5) is 29.1. The van der Waals surface area contributed by atoms with Crippen molar-refractivity contribution in [3.63, 3.8) is 0 Å². The third kappa shape index (κ3) is 7.07. The normalized spacial score (nSPS) is 12.2. The van der Waals surface area contributed by atoms with E-state index in [1.54, 1.807) is 63.3 Å². The number of aryl methyl sites for hydroxylation is 1. The largest absolute Gasteiger partial charge is 0.482 e. The summed E-state index contributed by atoms with van der Waals surface area (Å²) < 4.78 is 12.7. The van der Waals surface area contributed by atoms with Gasteiger partial charge in [0.2, 0.25) is 0 Å². The number of amides is 1. The number of benzene rings is 2. The summed E-state index contributed by atoms with van der Waals surface area (Å²) in [6.07, 6.45) is 3.28. The summed E-state index contributed by atoms with van der Waals surface area (Å²) in [5, 5.41) is 13.5. The summed E-state index contributed by atoms with van der Waals surface area (Å²) in [6, 6.07) is 14.8. The highest BCUT2D eigenvalue weighted by Gasteiger charge is 2.17. The summed E-state index contributed by atoms with van der Waals surface area (Å²) in [5.41, 5.74) is 1.46. The minimum absolute atomic E-state index is 0.116. The molecule has 4 aromatic rings. The van der Waals surface area contributed by atoms with Gasteiger partial charge in [0.1, 0.15) is 23.4 Å². The SMILES string of the molecule is C[C@H](Sc1nncn1C)c1cccc(NC(=O)c2cc3ccc(OCC(=O)OC(C)(C)C)cc3cn2)c1. The van der Waals surface area contributed by atoms with Crippen molar-refractivity contribution < 1.29 is 19.1 Å². The average Bonchev–Trinajstić information content (AvgIpc) is 3.25. The Balaban J connectivity index is 1.40. The Labute approximate surface area is 219 Å². The van der Waals surface area contributed by atoms with Crippen molar-refractivity contribution in [2.75, 3.05) is 11.9 Å². The molecule has 0 radical (unpaired) electrons. The number of esters is 1. The van der Waals surface area contributed by atoms with Crippen LogP contribution in [0.2, 0.25) is 0 Å². The van der Waals surface area contributed by atoms with Gasteiger partial charge in [-0.05, 0) is 69.0 Å². The van der Waals surface area contributed by atoms with Crippen LogP contribution in [0.3, 0.4) is 0 Å². The van der Waals surface area contributed by atoms with Crippen molar-refractivity contribution in [1.29, 1.82) is 0 Å². The summed E-state index contributed by atoms with van der Waals surface area (Å²) >= 11 is 1.59. The number of thioether (sulfide) groups is 1. The molecule has 4 rings (SSSR count). The standard InChI is InChI=1S/C27H29N5O4S/c1-17(37-26-31-29-16-32(26)5)18-7-6-8-21(11-18)30-25(34)23-13-19-9-10-22(12-20(19)14-28-23)35-15-24(33)36-27(2,3)4/h6-14,16-17H,15H2,1-5H3,(H,30,34)/t17-/m0/s1. The molecule has 0 spiro atoms. The second-order valence-electron chi connectivity index (χ2n) is 9.52. The summed E-state index contributed by atoms with van der Waals surface area (Å²) in [7, 11) is 1.90. The molecule has 0 aliphatic carbocycles. The monoisotopic (exact) mass is 519 g/mol. The van der Waals surface area contributed by atoms with Crippen molar-refractivity contribution in [3.8, 4) is 5.75 Å². The van der Waals surface area contributed by atoms with Gasteiger partial charge in [-0.15, -0.1) is 10.2 Å². The Kier molecular flexibility index (Phi) is 7.77. The van der Waals surface area contributed by atoms with E-state index in [1.165, 1.54) is 0 Å². The fourth-order valence-corrected chi connectivity index (χ4v) is 4.42. The van der Waals surface area contributed by atoms with E-state index < -0.39 is 11.6 Å². The Morgan fingerprint density at radius 1 is 1.11 bits per heavy atom. The highest BCUT2D eigenvalue weighted by Crippen LogP contribution is 2.34. The van der Waals surface area contributed by atoms with Crippen LogP contribution >= 0.6 is 11.8 Å². The highest BCUT2D eigenvalue weighted by atomic mass is 32.2. The molecule has 0 aliphatic heterocycles. The van der Waals surface area contributed by atoms with Crippen LogP contribution in [0, 0.1) is 0 Å². The molecule has 2 aromatic carbocycles. The van der Waals surface area contributed by atoms with E-state index in [-0.39, 0.29) is 17.8 Å². The van der Waals surface area contributed by atoms with Gasteiger partial charge in [-0.1, -0.05) is 30.0 Å². The minimum atomic E-state index is -0.569. The minimum Gasteiger partial charge on any atom is -0.482 e. The Morgan fingerprint density at radius 3 is 2.65 bits per heavy atom. The van der Waals surface area contributed by atoms with E-state index in [4.69, 9.17) is 9.47 Å². The highest BCUT2D eigenvalue weighted by molar-refractivity contribution is 7.99. The zero-order chi connectivity index (χ0) is 26.6. The third-order valence-corrected chi connectivity index (χ3v) is 6.47. The van der Waals surface area contributed by atoms with Crippen LogP contribution in [0.5, 0.6) is 5.75 Å². The van der Waals surface area contributed by atoms with Crippen molar-refractivity contribution in [2.45, 2.75) is 43.7 Å². The van der Waals surface area contributed by atoms with Crippen LogP contribution in [0.4, 0.5) is 5.69 Å². The van der Waals surface area contributed by atoms with Gasteiger partial charge in [0, 0.05) is 29.6 Å². The van der Waals surface area contributed by atoms with E-state index in [1.807, 2.05) is 41.9 Å². The zero-order valence-corrected chi connectivity index (χ0v) is 22.2. The number of nitrogens with zero attached hydrogens (tertiary/aromatic N) is 4. The molecule has 37 heavy (non-hydrogen) atoms. The third-order valence-electron chi connectivity index (χ3n) is 5.27. The first-order valence-corrected chi connectivity index (χ1v) is 12.6. The van der Waals surface area contributed by atoms with Crippen molar-refractivity contribution in [1.82, 2.24) is 19.7 Å². The van der Waals surface area contributed by atoms with Crippen molar-refractivity contribution in [2.24, 2.45) is 7.05 Å². The van der Waals surface area contributed by atoms with Crippen LogP contribution < -0.4 is 10.1 Å². The van der Waals surface area contributed by atoms with Crippen LogP contribution in [-0.2, 0) is 16.6 Å². The van der Waals surface area contributed by atoms with Gasteiger partial charge in [-0.2, -0.15) is 0 Å². The molecule has 2 heterocycles. The lowest BCUT2D eigenvalue weighted by atomic mass is 10.1. The molecule has 0 saturated heterocycles. The number of carbonyl (C=O) groups excluding carboxylic acids is 2. The van der Waals surface area contributed by atoms with E-state index in [9.17, 15) is 9.59 Å². The maximum atomic E-state index is 12.9. The zero-order valence-electron chi connectivity index (χ0n) is 21.4. The van der Waals surface area contributed by atoms with E-state index >= 15 is 0 Å². The maximum absolute atomic E-state index is 12.9. The maximum Gasteiger partial charge on any atom is 0.344 e. The molecule has 1 N–H and O–H groups in total. The molecule has 1 amide bonds. The van der Waals surface area contributed by atoms with Gasteiger partial charge >= 0.3 is 5.97 Å². The molecule has 2 aromatic heterocycles. The van der Waals surface area contributed by atoms with Crippen LogP contribution in [-0.4, -0.2) is 43.8 Å². The first kappa shape index (κ1) is 26.2. The Bertz CT molecular complexity index is 1430. The van der Waals surface area contributed by atoms with Gasteiger partial charge < -0.3 is 19.4 Å². The van der Waals surface area contributed by atoms with Crippen LogP contribution in [0.15, 0.2) is 66.2 Å². The molecule has 10 heteroatoms. The molecule has 0 saturated carbocycles. The first-order chi connectivity index (χ1) is 17.6. The van der Waals surface area contributed by atoms with E-state index in [2.05, 4.69) is 27.4 Å². The number of pyridine rings is 1. The van der Waals surface area contributed by atoms with Crippen molar-refractivity contribution >= 4 is 40.1 Å². The molecule has 9 nitrogen and oxygen atoms in total. The van der Waals surface area contributed by atoms with Crippen molar-refractivity contribution in [3.05, 3.63) is 72.3 Å². The molecular weight excluding hydrogens is 490 g/mol. The van der Waals surface area contributed by atoms with Gasteiger partial charge in [-0.25, -0.2) is 4.79 Å². The lowest BCUT2D eigenvalue weighted by Gasteiger charge is -2.19. The van der Waals surface area contributed by atoms with Crippen LogP contribution in [0.1, 0.15) is 49.0 Å². The number of fused-ring (bicyclic) bond motifs is 1. The fraction of sp³-hybridized carbons (Fsp3) is 0.296. The number of hydrogen-bond donors (Lipinski definition) is 1. The number of ether oxygens (including phenoxy) is 2.